The molecule has 6 heteroatoms. The first-order chi connectivity index (χ1) is 9.92. The molecule has 0 aromatic heterocycles. The second kappa shape index (κ2) is 5.71. The number of hydrogen-bond acceptors (Lipinski definition) is 2. The van der Waals surface area contributed by atoms with E-state index in [1.807, 2.05) is 0 Å². The highest BCUT2D eigenvalue weighted by Gasteiger charge is 2.48. The molecule has 1 aliphatic rings. The van der Waals surface area contributed by atoms with Gasteiger partial charge < -0.3 is 15.3 Å². The molecule has 114 valence electrons. The zero-order valence-corrected chi connectivity index (χ0v) is 12.1. The smallest absolute Gasteiger partial charge is 0.329 e. The Balaban J connectivity index is 2.24. The first-order valence-electron chi connectivity index (χ1n) is 6.99. The van der Waals surface area contributed by atoms with Crippen molar-refractivity contribution in [3.63, 3.8) is 0 Å². The molecule has 0 spiro atoms. The van der Waals surface area contributed by atoms with Gasteiger partial charge in [-0.2, -0.15) is 0 Å². The number of carbonyl (C=O) groups excluding carboxylic acids is 1. The second-order valence-electron chi connectivity index (χ2n) is 5.29. The van der Waals surface area contributed by atoms with E-state index in [4.69, 9.17) is 0 Å². The highest BCUT2D eigenvalue weighted by Crippen LogP contribution is 2.33. The number of anilines is 1. The summed E-state index contributed by atoms with van der Waals surface area (Å²) < 4.78 is 13.5. The van der Waals surface area contributed by atoms with E-state index in [0.29, 0.717) is 37.1 Å². The molecular weight excluding hydrogens is 275 g/mol. The third-order valence-corrected chi connectivity index (χ3v) is 4.23. The molecule has 1 unspecified atom stereocenters. The fourth-order valence-corrected chi connectivity index (χ4v) is 2.84. The molecular formula is C15H19FN2O3. The standard InChI is InChI=1S/C15H19FN2O3/c1-3-15(13(19)20)8-5-9-18(15)14(21)17-12-7-4-6-11(16)10(12)2/h4,6-7H,3,5,8-9H2,1-2H3,(H,17,21)(H,19,20). The van der Waals surface area contributed by atoms with E-state index in [1.165, 1.54) is 17.0 Å². The van der Waals surface area contributed by atoms with Crippen LogP contribution in [0.3, 0.4) is 0 Å². The summed E-state index contributed by atoms with van der Waals surface area (Å²) in [5.41, 5.74) is -0.463. The van der Waals surface area contributed by atoms with Gasteiger partial charge in [0.15, 0.2) is 0 Å². The summed E-state index contributed by atoms with van der Waals surface area (Å²) in [5, 5.41) is 12.1. The minimum Gasteiger partial charge on any atom is -0.479 e. The summed E-state index contributed by atoms with van der Waals surface area (Å²) in [4.78, 5) is 25.3. The molecule has 2 amide bonds. The van der Waals surface area contributed by atoms with Gasteiger partial charge in [-0.15, -0.1) is 0 Å². The van der Waals surface area contributed by atoms with Crippen LogP contribution >= 0.6 is 0 Å². The van der Waals surface area contributed by atoms with Gasteiger partial charge in [0, 0.05) is 17.8 Å². The zero-order chi connectivity index (χ0) is 15.6. The first kappa shape index (κ1) is 15.3. The maximum absolute atomic E-state index is 13.5. The largest absolute Gasteiger partial charge is 0.479 e. The van der Waals surface area contributed by atoms with E-state index < -0.39 is 23.4 Å². The molecule has 1 saturated heterocycles. The first-order valence-corrected chi connectivity index (χ1v) is 6.99. The van der Waals surface area contributed by atoms with Gasteiger partial charge in [-0.3, -0.25) is 0 Å². The second-order valence-corrected chi connectivity index (χ2v) is 5.29. The summed E-state index contributed by atoms with van der Waals surface area (Å²) in [6, 6.07) is 3.92. The van der Waals surface area contributed by atoms with E-state index in [1.54, 1.807) is 19.9 Å². The van der Waals surface area contributed by atoms with Crippen LogP contribution in [0.5, 0.6) is 0 Å². The fourth-order valence-electron chi connectivity index (χ4n) is 2.84. The molecule has 2 N–H and O–H groups in total. The topological polar surface area (TPSA) is 69.6 Å². The van der Waals surface area contributed by atoms with Gasteiger partial charge in [0.25, 0.3) is 0 Å². The van der Waals surface area contributed by atoms with Crippen molar-refractivity contribution in [3.8, 4) is 0 Å². The van der Waals surface area contributed by atoms with Crippen molar-refractivity contribution in [2.24, 2.45) is 0 Å². The maximum Gasteiger partial charge on any atom is 0.329 e. The Hall–Kier alpha value is -2.11. The van der Waals surface area contributed by atoms with E-state index in [0.717, 1.165) is 0 Å². The number of urea groups is 1. The molecule has 5 nitrogen and oxygen atoms in total. The Morgan fingerprint density at radius 3 is 2.81 bits per heavy atom. The number of carbonyl (C=O) groups is 2. The molecule has 0 bridgehead atoms. The third-order valence-electron chi connectivity index (χ3n) is 4.23. The van der Waals surface area contributed by atoms with Crippen LogP contribution < -0.4 is 5.32 Å². The van der Waals surface area contributed by atoms with Crippen LogP contribution in [-0.2, 0) is 4.79 Å². The van der Waals surface area contributed by atoms with Crippen LogP contribution in [-0.4, -0.2) is 34.1 Å². The summed E-state index contributed by atoms with van der Waals surface area (Å²) >= 11 is 0. The lowest BCUT2D eigenvalue weighted by Gasteiger charge is -2.33. The van der Waals surface area contributed by atoms with Gasteiger partial charge in [0.2, 0.25) is 0 Å². The van der Waals surface area contributed by atoms with Gasteiger partial charge in [-0.25, -0.2) is 14.0 Å². The monoisotopic (exact) mass is 294 g/mol. The number of likely N-dealkylation sites (tertiary alicyclic amines) is 1. The minimum atomic E-state index is -1.16. The Bertz CT molecular complexity index is 576. The maximum atomic E-state index is 13.5. The van der Waals surface area contributed by atoms with Gasteiger partial charge >= 0.3 is 12.0 Å². The number of hydrogen-bond donors (Lipinski definition) is 2. The molecule has 1 fully saturated rings. The highest BCUT2D eigenvalue weighted by molar-refractivity contribution is 5.95. The van der Waals surface area contributed by atoms with E-state index in [2.05, 4.69) is 5.32 Å². The number of amides is 2. The van der Waals surface area contributed by atoms with Crippen LogP contribution in [0.15, 0.2) is 18.2 Å². The number of aliphatic carboxylic acids is 1. The molecule has 0 radical (unpaired) electrons. The van der Waals surface area contributed by atoms with E-state index in [9.17, 15) is 19.1 Å². The normalized spacial score (nSPS) is 21.4. The number of nitrogens with zero attached hydrogens (tertiary/aromatic N) is 1. The van der Waals surface area contributed by atoms with E-state index in [-0.39, 0.29) is 0 Å². The number of carboxylic acids is 1. The number of rotatable bonds is 3. The molecule has 2 rings (SSSR count). The molecule has 0 aliphatic carbocycles. The average molecular weight is 294 g/mol. The van der Waals surface area contributed by atoms with Crippen molar-refractivity contribution in [1.29, 1.82) is 0 Å². The Kier molecular flexibility index (Phi) is 4.16. The Morgan fingerprint density at radius 1 is 1.48 bits per heavy atom. The van der Waals surface area contributed by atoms with Crippen molar-refractivity contribution >= 4 is 17.7 Å². The van der Waals surface area contributed by atoms with Gasteiger partial charge in [-0.1, -0.05) is 13.0 Å². The number of benzene rings is 1. The molecule has 0 saturated carbocycles. The van der Waals surface area contributed by atoms with Crippen molar-refractivity contribution in [1.82, 2.24) is 4.90 Å². The van der Waals surface area contributed by atoms with E-state index >= 15 is 0 Å². The van der Waals surface area contributed by atoms with Crippen LogP contribution in [0, 0.1) is 12.7 Å². The third kappa shape index (κ3) is 2.57. The lowest BCUT2D eigenvalue weighted by molar-refractivity contribution is -0.148. The lowest BCUT2D eigenvalue weighted by Crippen LogP contribution is -2.54. The number of carboxylic acid groups (broad SMARTS) is 1. The highest BCUT2D eigenvalue weighted by atomic mass is 19.1. The Morgan fingerprint density at radius 2 is 2.19 bits per heavy atom. The fraction of sp³-hybridized carbons (Fsp3) is 0.467. The summed E-state index contributed by atoms with van der Waals surface area (Å²) in [6.07, 6.45) is 1.43. The number of halogens is 1. The zero-order valence-electron chi connectivity index (χ0n) is 12.1. The Labute approximate surface area is 122 Å². The molecule has 1 aromatic carbocycles. The van der Waals surface area contributed by atoms with Crippen molar-refractivity contribution in [3.05, 3.63) is 29.6 Å². The van der Waals surface area contributed by atoms with Gasteiger partial charge in [-0.05, 0) is 38.3 Å². The SMILES string of the molecule is CCC1(C(=O)O)CCCN1C(=O)Nc1cccc(F)c1C. The predicted octanol–water partition coefficient (Wildman–Crippen LogP) is 3.00. The van der Waals surface area contributed by atoms with Crippen molar-refractivity contribution in [2.75, 3.05) is 11.9 Å². The number of nitrogens with one attached hydrogen (secondary N) is 1. The van der Waals surface area contributed by atoms with Crippen LogP contribution in [0.4, 0.5) is 14.9 Å². The van der Waals surface area contributed by atoms with Crippen LogP contribution in [0.2, 0.25) is 0 Å². The molecule has 21 heavy (non-hydrogen) atoms. The molecule has 1 atom stereocenters. The van der Waals surface area contributed by atoms with Gasteiger partial charge in [0.1, 0.15) is 11.4 Å². The summed E-state index contributed by atoms with van der Waals surface area (Å²) in [7, 11) is 0. The summed E-state index contributed by atoms with van der Waals surface area (Å²) in [5.74, 6) is -1.40. The van der Waals surface area contributed by atoms with Crippen molar-refractivity contribution in [2.45, 2.75) is 38.6 Å². The minimum absolute atomic E-state index is 0.336. The van der Waals surface area contributed by atoms with Crippen molar-refractivity contribution < 1.29 is 19.1 Å². The average Bonchev–Trinajstić information content (AvgIpc) is 2.89. The van der Waals surface area contributed by atoms with Gasteiger partial charge in [0.05, 0.1) is 0 Å². The van der Waals surface area contributed by atoms with Crippen LogP contribution in [0.25, 0.3) is 0 Å². The van der Waals surface area contributed by atoms with Crippen LogP contribution in [0.1, 0.15) is 31.7 Å². The quantitative estimate of drug-likeness (QED) is 0.900. The molecule has 1 aromatic rings. The summed E-state index contributed by atoms with van der Waals surface area (Å²) in [6.45, 7) is 3.71. The lowest BCUT2D eigenvalue weighted by atomic mass is 9.93. The molecule has 1 heterocycles. The molecule has 1 aliphatic heterocycles. The predicted molar refractivity (Wildman–Crippen MR) is 76.8 cm³/mol.